The quantitative estimate of drug-likeness (QED) is 0.0801. The van der Waals surface area contributed by atoms with Gasteiger partial charge in [0.15, 0.2) is 0 Å². The van der Waals surface area contributed by atoms with E-state index in [1.807, 2.05) is 25.1 Å². The van der Waals surface area contributed by atoms with Crippen LogP contribution in [-0.4, -0.2) is 63.1 Å². The Morgan fingerprint density at radius 2 is 1.10 bits per heavy atom. The Morgan fingerprint density at radius 1 is 0.641 bits per heavy atom. The monoisotopic (exact) mass is 552 g/mol. The Morgan fingerprint density at radius 3 is 1.59 bits per heavy atom. The summed E-state index contributed by atoms with van der Waals surface area (Å²) in [7, 11) is 0. The van der Waals surface area contributed by atoms with Crippen LogP contribution < -0.4 is 4.74 Å². The minimum Gasteiger partial charge on any atom is -0.476 e. The van der Waals surface area contributed by atoms with Gasteiger partial charge in [-0.05, 0) is 25.5 Å². The maximum absolute atomic E-state index is 12.4. The van der Waals surface area contributed by atoms with Gasteiger partial charge < -0.3 is 28.8 Å². The van der Waals surface area contributed by atoms with Crippen LogP contribution in [0.4, 0.5) is 0 Å². The van der Waals surface area contributed by atoms with Gasteiger partial charge in [0.1, 0.15) is 5.75 Å². The highest BCUT2D eigenvalue weighted by Crippen LogP contribution is 2.26. The molecular weight excluding hydrogens is 496 g/mol. The Bertz CT molecular complexity index is 670. The smallest absolute Gasteiger partial charge is 0.377 e. The van der Waals surface area contributed by atoms with Crippen molar-refractivity contribution in [2.24, 2.45) is 0 Å². The van der Waals surface area contributed by atoms with Gasteiger partial charge in [-0.3, -0.25) is 0 Å². The van der Waals surface area contributed by atoms with Crippen molar-refractivity contribution in [3.63, 3.8) is 0 Å². The highest BCUT2D eigenvalue weighted by Gasteiger charge is 2.42. The van der Waals surface area contributed by atoms with Crippen LogP contribution in [0.5, 0.6) is 5.75 Å². The van der Waals surface area contributed by atoms with Crippen molar-refractivity contribution in [2.75, 3.05) is 46.2 Å². The Labute approximate surface area is 237 Å². The molecular formula is C32H56O7. The summed E-state index contributed by atoms with van der Waals surface area (Å²) in [5, 5.41) is 10.1. The Balaban J connectivity index is 2.31. The number of unbranched alkanes of at least 4 members (excludes halogenated alkanes) is 13. The standard InChI is InChI=1S/C32H56O7/c1-3-5-6-7-8-9-10-11-12-13-14-15-16-20-23-32(31(33)34,39-30-21-18-17-19-22-30)38-29-28-37-27-26-36-25-24-35-4-2/h17-19,21-22H,3-16,20,23-29H2,1-2H3,(H,33,34). The van der Waals surface area contributed by atoms with Gasteiger partial charge in [-0.25, -0.2) is 4.79 Å². The number of carbonyl (C=O) groups is 1. The largest absolute Gasteiger partial charge is 0.476 e. The fourth-order valence-electron chi connectivity index (χ4n) is 4.45. The van der Waals surface area contributed by atoms with Crippen molar-refractivity contribution in [2.45, 2.75) is 116 Å². The fourth-order valence-corrected chi connectivity index (χ4v) is 4.45. The lowest BCUT2D eigenvalue weighted by Gasteiger charge is -2.30. The molecule has 39 heavy (non-hydrogen) atoms. The van der Waals surface area contributed by atoms with E-state index in [1.54, 1.807) is 12.1 Å². The Kier molecular flexibility index (Phi) is 22.9. The van der Waals surface area contributed by atoms with Crippen molar-refractivity contribution in [1.82, 2.24) is 0 Å². The summed E-state index contributed by atoms with van der Waals surface area (Å²) >= 11 is 0. The molecule has 0 fully saturated rings. The first-order valence-electron chi connectivity index (χ1n) is 15.5. The molecule has 0 saturated carbocycles. The van der Waals surface area contributed by atoms with E-state index in [0.29, 0.717) is 38.8 Å². The Hall–Kier alpha value is -1.67. The molecule has 1 N–H and O–H groups in total. The maximum atomic E-state index is 12.4. The molecule has 1 unspecified atom stereocenters. The second-order valence-corrected chi connectivity index (χ2v) is 10.1. The zero-order valence-corrected chi connectivity index (χ0v) is 24.8. The average Bonchev–Trinajstić information content (AvgIpc) is 2.94. The molecule has 1 aromatic carbocycles. The molecule has 7 nitrogen and oxygen atoms in total. The molecule has 0 saturated heterocycles. The zero-order valence-electron chi connectivity index (χ0n) is 24.8. The van der Waals surface area contributed by atoms with E-state index in [2.05, 4.69) is 6.92 Å². The molecule has 0 spiro atoms. The molecule has 0 aliphatic rings. The van der Waals surface area contributed by atoms with Gasteiger partial charge in [-0.1, -0.05) is 109 Å². The van der Waals surface area contributed by atoms with Gasteiger partial charge in [0.2, 0.25) is 0 Å². The molecule has 0 heterocycles. The van der Waals surface area contributed by atoms with Crippen molar-refractivity contribution in [1.29, 1.82) is 0 Å². The zero-order chi connectivity index (χ0) is 28.3. The minimum absolute atomic E-state index is 0.122. The van der Waals surface area contributed by atoms with E-state index < -0.39 is 11.8 Å². The molecule has 1 aromatic rings. The number of benzene rings is 1. The van der Waals surface area contributed by atoms with E-state index in [9.17, 15) is 9.90 Å². The summed E-state index contributed by atoms with van der Waals surface area (Å²) in [6.45, 7) is 7.23. The molecule has 1 rings (SSSR count). The third-order valence-electron chi connectivity index (χ3n) is 6.72. The van der Waals surface area contributed by atoms with E-state index in [1.165, 1.54) is 70.6 Å². The number of ether oxygens (including phenoxy) is 5. The average molecular weight is 553 g/mol. The number of aliphatic carboxylic acids is 1. The van der Waals surface area contributed by atoms with Crippen molar-refractivity contribution >= 4 is 5.97 Å². The molecule has 7 heteroatoms. The summed E-state index contributed by atoms with van der Waals surface area (Å²) in [6, 6.07) is 9.02. The number of rotatable bonds is 29. The number of hydrogen-bond donors (Lipinski definition) is 1. The van der Waals surface area contributed by atoms with Gasteiger partial charge in [-0.15, -0.1) is 0 Å². The van der Waals surface area contributed by atoms with Gasteiger partial charge in [0.05, 0.1) is 39.6 Å². The lowest BCUT2D eigenvalue weighted by molar-refractivity contribution is -0.218. The van der Waals surface area contributed by atoms with Crippen molar-refractivity contribution in [3.05, 3.63) is 30.3 Å². The molecule has 226 valence electrons. The molecule has 0 aliphatic heterocycles. The number of carboxylic acids is 1. The predicted molar refractivity (Wildman–Crippen MR) is 156 cm³/mol. The molecule has 0 amide bonds. The van der Waals surface area contributed by atoms with E-state index >= 15 is 0 Å². The number of carboxylic acid groups (broad SMARTS) is 1. The van der Waals surface area contributed by atoms with Crippen LogP contribution in [-0.2, 0) is 23.7 Å². The van der Waals surface area contributed by atoms with Gasteiger partial charge in [0, 0.05) is 13.0 Å². The van der Waals surface area contributed by atoms with Gasteiger partial charge in [-0.2, -0.15) is 0 Å². The molecule has 0 bridgehead atoms. The second-order valence-electron chi connectivity index (χ2n) is 10.1. The highest BCUT2D eigenvalue weighted by atomic mass is 16.7. The minimum atomic E-state index is -1.73. The second kappa shape index (κ2) is 25.3. The summed E-state index contributed by atoms with van der Waals surface area (Å²) in [5.41, 5.74) is 0. The topological polar surface area (TPSA) is 83.5 Å². The summed E-state index contributed by atoms with van der Waals surface area (Å²) in [5.74, 6) is -2.36. The number of hydrogen-bond acceptors (Lipinski definition) is 6. The van der Waals surface area contributed by atoms with E-state index in [0.717, 1.165) is 19.3 Å². The molecule has 0 aromatic heterocycles. The summed E-state index contributed by atoms with van der Waals surface area (Å²) in [6.07, 6.45) is 17.7. The lowest BCUT2D eigenvalue weighted by Crippen LogP contribution is -2.48. The number of para-hydroxylation sites is 1. The molecule has 0 radical (unpaired) electrons. The van der Waals surface area contributed by atoms with Crippen LogP contribution in [0.1, 0.15) is 110 Å². The first-order chi connectivity index (χ1) is 19.1. The third-order valence-corrected chi connectivity index (χ3v) is 6.72. The normalized spacial score (nSPS) is 12.9. The first kappa shape index (κ1) is 35.4. The van der Waals surface area contributed by atoms with E-state index in [-0.39, 0.29) is 19.6 Å². The fraction of sp³-hybridized carbons (Fsp3) is 0.781. The molecule has 1 atom stereocenters. The van der Waals surface area contributed by atoms with E-state index in [4.69, 9.17) is 23.7 Å². The van der Waals surface area contributed by atoms with Crippen molar-refractivity contribution < 1.29 is 33.6 Å². The summed E-state index contributed by atoms with van der Waals surface area (Å²) in [4.78, 5) is 12.4. The van der Waals surface area contributed by atoms with Crippen molar-refractivity contribution in [3.8, 4) is 5.75 Å². The lowest BCUT2D eigenvalue weighted by atomic mass is 10.0. The van der Waals surface area contributed by atoms with Gasteiger partial charge in [0.25, 0.3) is 0 Å². The predicted octanol–water partition coefficient (Wildman–Crippen LogP) is 7.80. The van der Waals surface area contributed by atoms with Crippen LogP contribution >= 0.6 is 0 Å². The summed E-state index contributed by atoms with van der Waals surface area (Å²) < 4.78 is 28.0. The van der Waals surface area contributed by atoms with Crippen LogP contribution in [0.2, 0.25) is 0 Å². The highest BCUT2D eigenvalue weighted by molar-refractivity contribution is 5.76. The van der Waals surface area contributed by atoms with Crippen LogP contribution in [0.15, 0.2) is 30.3 Å². The van der Waals surface area contributed by atoms with Crippen LogP contribution in [0.3, 0.4) is 0 Å². The SMILES string of the molecule is CCCCCCCCCCCCCCCCC(OCCOCCOCCOCC)(Oc1ccccc1)C(=O)O. The van der Waals surface area contributed by atoms with Crippen LogP contribution in [0, 0.1) is 0 Å². The molecule has 0 aliphatic carbocycles. The third kappa shape index (κ3) is 19.1. The van der Waals surface area contributed by atoms with Gasteiger partial charge >= 0.3 is 11.8 Å². The maximum Gasteiger partial charge on any atom is 0.377 e. The van der Waals surface area contributed by atoms with Crippen LogP contribution in [0.25, 0.3) is 0 Å². The first-order valence-corrected chi connectivity index (χ1v) is 15.5.